The van der Waals surface area contributed by atoms with Gasteiger partial charge in [0.25, 0.3) is 0 Å². The smallest absolute Gasteiger partial charge is 0.224 e. The van der Waals surface area contributed by atoms with Gasteiger partial charge in [0.2, 0.25) is 11.0 Å². The van der Waals surface area contributed by atoms with Gasteiger partial charge in [0.1, 0.15) is 0 Å². The van der Waals surface area contributed by atoms with Crippen LogP contribution in [0.3, 0.4) is 0 Å². The number of nitrogens with zero attached hydrogens (tertiary/aromatic N) is 3. The molecule has 0 radical (unpaired) electrons. The average Bonchev–Trinajstić information content (AvgIpc) is 3.12. The molecule has 4 nitrogen and oxygen atoms in total. The summed E-state index contributed by atoms with van der Waals surface area (Å²) >= 11 is 1.52. The summed E-state index contributed by atoms with van der Waals surface area (Å²) in [6.45, 7) is 6.40. The van der Waals surface area contributed by atoms with Crippen molar-refractivity contribution < 1.29 is 5.11 Å². The van der Waals surface area contributed by atoms with E-state index in [9.17, 15) is 5.11 Å². The zero-order valence-electron chi connectivity index (χ0n) is 13.9. The molecule has 0 aliphatic heterocycles. The molecular formula is C18H20ClN3OS. The first-order chi connectivity index (χ1) is 10.9. The number of benzene rings is 1. The van der Waals surface area contributed by atoms with Crippen LogP contribution in [0.4, 0.5) is 0 Å². The van der Waals surface area contributed by atoms with E-state index in [2.05, 4.69) is 43.0 Å². The van der Waals surface area contributed by atoms with Crippen molar-refractivity contribution in [2.24, 2.45) is 0 Å². The zero-order chi connectivity index (χ0) is 16.2. The summed E-state index contributed by atoms with van der Waals surface area (Å²) in [5.41, 5.74) is 5.18. The van der Waals surface area contributed by atoms with E-state index in [1.54, 1.807) is 4.68 Å². The lowest BCUT2D eigenvalue weighted by atomic mass is 9.90. The summed E-state index contributed by atoms with van der Waals surface area (Å²) in [6.07, 6.45) is 1.81. The molecule has 0 amide bonds. The second-order valence-corrected chi connectivity index (χ2v) is 7.82. The number of rotatable bonds is 1. The molecule has 6 heteroatoms. The Hall–Kier alpha value is -1.85. The van der Waals surface area contributed by atoms with Crippen molar-refractivity contribution in [3.63, 3.8) is 0 Å². The van der Waals surface area contributed by atoms with Gasteiger partial charge in [-0.15, -0.1) is 23.7 Å². The van der Waals surface area contributed by atoms with E-state index in [1.807, 2.05) is 17.5 Å². The summed E-state index contributed by atoms with van der Waals surface area (Å²) in [5, 5.41) is 18.2. The molecule has 2 aromatic heterocycles. The molecule has 3 aromatic rings. The largest absolute Gasteiger partial charge is 0.493 e. The lowest BCUT2D eigenvalue weighted by Gasteiger charge is -2.14. The summed E-state index contributed by atoms with van der Waals surface area (Å²) < 4.78 is 1.59. The molecule has 0 fully saturated rings. The van der Waals surface area contributed by atoms with Gasteiger partial charge in [-0.25, -0.2) is 4.98 Å². The topological polar surface area (TPSA) is 50.9 Å². The lowest BCUT2D eigenvalue weighted by molar-refractivity contribution is 0.434. The number of fused-ring (bicyclic) bond motifs is 3. The Balaban J connectivity index is 0.00000169. The first kappa shape index (κ1) is 17.0. The van der Waals surface area contributed by atoms with E-state index in [-0.39, 0.29) is 23.7 Å². The highest BCUT2D eigenvalue weighted by atomic mass is 35.5. The van der Waals surface area contributed by atoms with Crippen molar-refractivity contribution >= 4 is 23.7 Å². The van der Waals surface area contributed by atoms with Gasteiger partial charge in [-0.1, -0.05) is 45.0 Å². The predicted molar refractivity (Wildman–Crippen MR) is 99.7 cm³/mol. The number of hydrogen-bond donors (Lipinski definition) is 1. The molecule has 0 saturated heterocycles. The fourth-order valence-corrected chi connectivity index (χ4v) is 3.98. The van der Waals surface area contributed by atoms with Crippen LogP contribution in [-0.2, 0) is 18.3 Å². The van der Waals surface area contributed by atoms with Gasteiger partial charge in [0.15, 0.2) is 0 Å². The minimum absolute atomic E-state index is 0. The van der Waals surface area contributed by atoms with E-state index in [0.717, 1.165) is 40.5 Å². The quantitative estimate of drug-likeness (QED) is 0.693. The second-order valence-electron chi connectivity index (χ2n) is 6.98. The number of aromatic hydroxyl groups is 1. The zero-order valence-corrected chi connectivity index (χ0v) is 15.5. The minimum atomic E-state index is -0.0102. The van der Waals surface area contributed by atoms with Crippen molar-refractivity contribution in [3.8, 4) is 22.1 Å². The van der Waals surface area contributed by atoms with Gasteiger partial charge in [-0.3, -0.25) is 0 Å². The fraction of sp³-hybridized carbons (Fsp3) is 0.333. The van der Waals surface area contributed by atoms with Crippen LogP contribution in [0.5, 0.6) is 5.88 Å². The van der Waals surface area contributed by atoms with Crippen LogP contribution in [0, 0.1) is 0 Å². The molecule has 0 unspecified atom stereocenters. The minimum Gasteiger partial charge on any atom is -0.493 e. The molecule has 126 valence electrons. The summed E-state index contributed by atoms with van der Waals surface area (Å²) in [5.74, 6) is 0.196. The highest BCUT2D eigenvalue weighted by Crippen LogP contribution is 2.40. The Morgan fingerprint density at radius 2 is 1.92 bits per heavy atom. The van der Waals surface area contributed by atoms with E-state index < -0.39 is 0 Å². The lowest BCUT2D eigenvalue weighted by Crippen LogP contribution is -2.11. The van der Waals surface area contributed by atoms with E-state index in [4.69, 9.17) is 0 Å². The maximum absolute atomic E-state index is 10.8. The Kier molecular flexibility index (Phi) is 4.18. The molecule has 2 heterocycles. The van der Waals surface area contributed by atoms with E-state index in [1.165, 1.54) is 16.9 Å². The van der Waals surface area contributed by atoms with Gasteiger partial charge < -0.3 is 5.11 Å². The van der Waals surface area contributed by atoms with Gasteiger partial charge in [0, 0.05) is 10.8 Å². The van der Waals surface area contributed by atoms with Crippen LogP contribution in [0.25, 0.3) is 16.3 Å². The number of halogens is 1. The maximum atomic E-state index is 10.8. The first-order valence-electron chi connectivity index (χ1n) is 7.80. The van der Waals surface area contributed by atoms with Crippen LogP contribution >= 0.6 is 23.7 Å². The summed E-state index contributed by atoms with van der Waals surface area (Å²) in [4.78, 5) is 4.67. The normalized spacial score (nSPS) is 13.1. The molecular weight excluding hydrogens is 342 g/mol. The first-order valence-corrected chi connectivity index (χ1v) is 8.68. The Morgan fingerprint density at radius 1 is 1.17 bits per heavy atom. The molecule has 1 aromatic carbocycles. The molecule has 1 N–H and O–H groups in total. The highest BCUT2D eigenvalue weighted by Gasteiger charge is 2.27. The van der Waals surface area contributed by atoms with Crippen LogP contribution in [0.2, 0.25) is 0 Å². The summed E-state index contributed by atoms with van der Waals surface area (Å²) in [7, 11) is 0. The van der Waals surface area contributed by atoms with Crippen molar-refractivity contribution in [3.05, 3.63) is 46.6 Å². The van der Waals surface area contributed by atoms with Crippen molar-refractivity contribution in [2.75, 3.05) is 0 Å². The van der Waals surface area contributed by atoms with Crippen LogP contribution in [0.1, 0.15) is 37.7 Å². The fourth-order valence-electron chi connectivity index (χ4n) is 2.98. The third-order valence-corrected chi connectivity index (χ3v) is 5.11. The van der Waals surface area contributed by atoms with Gasteiger partial charge in [-0.05, 0) is 24.0 Å². The average molecular weight is 362 g/mol. The van der Waals surface area contributed by atoms with Gasteiger partial charge in [-0.2, -0.15) is 9.78 Å². The maximum Gasteiger partial charge on any atom is 0.224 e. The SMILES string of the molecule is CC(C)(C)c1csc(-n2nc3c(c2O)-c2ccccc2CC3)n1.Cl. The Bertz CT molecular complexity index is 892. The van der Waals surface area contributed by atoms with E-state index >= 15 is 0 Å². The molecule has 0 saturated carbocycles. The number of hydrogen-bond acceptors (Lipinski definition) is 4. The number of aromatic nitrogens is 3. The predicted octanol–water partition coefficient (Wildman–Crippen LogP) is 4.52. The van der Waals surface area contributed by atoms with Crippen molar-refractivity contribution in [1.82, 2.24) is 14.8 Å². The monoisotopic (exact) mass is 361 g/mol. The van der Waals surface area contributed by atoms with Gasteiger partial charge >= 0.3 is 0 Å². The number of aryl methyl sites for hydroxylation is 2. The third kappa shape index (κ3) is 2.62. The Labute approximate surface area is 151 Å². The highest BCUT2D eigenvalue weighted by molar-refractivity contribution is 7.12. The molecule has 4 rings (SSSR count). The van der Waals surface area contributed by atoms with Crippen LogP contribution in [-0.4, -0.2) is 19.9 Å². The molecule has 0 bridgehead atoms. The standard InChI is InChI=1S/C18H19N3OS.ClH/c1-18(2,3)14-10-23-17(19-14)21-16(22)15-12-7-5-4-6-11(12)8-9-13(15)20-21;/h4-7,10,22H,8-9H2,1-3H3;1H. The molecule has 0 atom stereocenters. The van der Waals surface area contributed by atoms with Gasteiger partial charge in [0.05, 0.1) is 17.0 Å². The molecule has 1 aliphatic rings. The number of thiazole rings is 1. The molecule has 24 heavy (non-hydrogen) atoms. The molecule has 1 aliphatic carbocycles. The summed E-state index contributed by atoms with van der Waals surface area (Å²) in [6, 6.07) is 8.23. The van der Waals surface area contributed by atoms with Crippen molar-refractivity contribution in [2.45, 2.75) is 39.0 Å². The van der Waals surface area contributed by atoms with Crippen LogP contribution in [0.15, 0.2) is 29.6 Å². The Morgan fingerprint density at radius 3 is 2.62 bits per heavy atom. The molecule has 0 spiro atoms. The van der Waals surface area contributed by atoms with Crippen LogP contribution < -0.4 is 0 Å². The van der Waals surface area contributed by atoms with Crippen molar-refractivity contribution in [1.29, 1.82) is 0 Å². The third-order valence-electron chi connectivity index (χ3n) is 4.29. The second kappa shape index (κ2) is 5.90. The van der Waals surface area contributed by atoms with E-state index in [0.29, 0.717) is 0 Å².